The Morgan fingerprint density at radius 2 is 1.84 bits per heavy atom. The monoisotopic (exact) mass is 265 g/mol. The molecular weight excluding hydrogens is 246 g/mol. The van der Waals surface area contributed by atoms with Gasteiger partial charge in [0.2, 0.25) is 5.91 Å². The van der Waals surface area contributed by atoms with Crippen molar-refractivity contribution in [2.24, 2.45) is 0 Å². The first-order valence-electron chi connectivity index (χ1n) is 5.82. The van der Waals surface area contributed by atoms with Crippen molar-refractivity contribution in [1.82, 2.24) is 4.90 Å². The van der Waals surface area contributed by atoms with Crippen molar-refractivity contribution in [3.63, 3.8) is 0 Å². The summed E-state index contributed by atoms with van der Waals surface area (Å²) in [6, 6.07) is 4.15. The average molecular weight is 265 g/mol. The zero-order valence-electron chi connectivity index (χ0n) is 11.5. The molecule has 1 amide bonds. The highest BCUT2D eigenvalue weighted by atomic mass is 16.4. The van der Waals surface area contributed by atoms with Crippen LogP contribution in [0.1, 0.15) is 17.3 Å². The molecule has 104 valence electrons. The second-order valence-electron chi connectivity index (χ2n) is 4.60. The van der Waals surface area contributed by atoms with Gasteiger partial charge >= 0.3 is 5.97 Å². The summed E-state index contributed by atoms with van der Waals surface area (Å²) >= 11 is 0. The van der Waals surface area contributed by atoms with E-state index in [-0.39, 0.29) is 11.5 Å². The number of hydrogen-bond donors (Lipinski definition) is 2. The third-order valence-electron chi connectivity index (χ3n) is 3.01. The first kappa shape index (κ1) is 14.8. The number of likely N-dealkylation sites (N-methyl/N-ethyl adjacent to an activating group) is 2. The van der Waals surface area contributed by atoms with E-state index in [0.717, 1.165) is 0 Å². The predicted octanol–water partition coefficient (Wildman–Crippen LogP) is 0.880. The molecule has 1 aromatic rings. The Morgan fingerprint density at radius 3 is 2.32 bits per heavy atom. The summed E-state index contributed by atoms with van der Waals surface area (Å²) in [6.45, 7) is 1.73. The molecule has 1 aromatic carbocycles. The topological polar surface area (TPSA) is 86.9 Å². The van der Waals surface area contributed by atoms with Crippen LogP contribution in [0, 0.1) is 0 Å². The number of nitrogen functional groups attached to an aromatic ring is 1. The lowest BCUT2D eigenvalue weighted by Crippen LogP contribution is -2.43. The van der Waals surface area contributed by atoms with Crippen LogP contribution in [0.25, 0.3) is 0 Å². The standard InChI is InChI=1S/C13H19N3O3/c1-8(12(17)15(2)3)16(4)11-6-5-9(14)7-10(11)13(18)19/h5-8H,14H2,1-4H3,(H,18,19). The largest absolute Gasteiger partial charge is 0.478 e. The zero-order chi connectivity index (χ0) is 14.7. The smallest absolute Gasteiger partial charge is 0.337 e. The molecular formula is C13H19N3O3. The number of benzene rings is 1. The summed E-state index contributed by atoms with van der Waals surface area (Å²) in [5.41, 5.74) is 6.52. The Balaban J connectivity index is 3.15. The van der Waals surface area contributed by atoms with Crippen LogP contribution in [0.15, 0.2) is 18.2 Å². The summed E-state index contributed by atoms with van der Waals surface area (Å²) in [6.07, 6.45) is 0. The molecule has 0 spiro atoms. The number of hydrogen-bond acceptors (Lipinski definition) is 4. The number of amides is 1. The summed E-state index contributed by atoms with van der Waals surface area (Å²) in [5, 5.41) is 9.19. The average Bonchev–Trinajstić information content (AvgIpc) is 2.35. The number of carbonyl (C=O) groups is 2. The number of carboxylic acid groups (broad SMARTS) is 1. The lowest BCUT2D eigenvalue weighted by Gasteiger charge is -2.29. The van der Waals surface area contributed by atoms with Gasteiger partial charge in [-0.3, -0.25) is 4.79 Å². The molecule has 0 aliphatic rings. The molecule has 0 saturated heterocycles. The Hall–Kier alpha value is -2.24. The second-order valence-corrected chi connectivity index (χ2v) is 4.60. The van der Waals surface area contributed by atoms with Gasteiger partial charge in [0, 0.05) is 26.8 Å². The Morgan fingerprint density at radius 1 is 1.26 bits per heavy atom. The van der Waals surface area contributed by atoms with Gasteiger partial charge in [0.1, 0.15) is 6.04 Å². The van der Waals surface area contributed by atoms with E-state index in [4.69, 9.17) is 5.73 Å². The molecule has 1 unspecified atom stereocenters. The van der Waals surface area contributed by atoms with E-state index in [9.17, 15) is 14.7 Å². The SMILES string of the molecule is CC(C(=O)N(C)C)N(C)c1ccc(N)cc1C(=O)O. The van der Waals surface area contributed by atoms with Crippen molar-refractivity contribution in [2.75, 3.05) is 31.8 Å². The van der Waals surface area contributed by atoms with Gasteiger partial charge in [-0.15, -0.1) is 0 Å². The van der Waals surface area contributed by atoms with E-state index >= 15 is 0 Å². The van der Waals surface area contributed by atoms with Crippen molar-refractivity contribution >= 4 is 23.3 Å². The van der Waals surface area contributed by atoms with Gasteiger partial charge < -0.3 is 20.6 Å². The maximum atomic E-state index is 11.9. The summed E-state index contributed by atoms with van der Waals surface area (Å²) in [7, 11) is 5.01. The van der Waals surface area contributed by atoms with E-state index in [1.165, 1.54) is 11.0 Å². The highest BCUT2D eigenvalue weighted by Gasteiger charge is 2.23. The number of nitrogens with zero attached hydrogens (tertiary/aromatic N) is 2. The van der Waals surface area contributed by atoms with Crippen LogP contribution in [0.2, 0.25) is 0 Å². The fourth-order valence-electron chi connectivity index (χ4n) is 1.78. The minimum absolute atomic E-state index is 0.0842. The normalized spacial score (nSPS) is 11.8. The summed E-state index contributed by atoms with van der Waals surface area (Å²) in [4.78, 5) is 26.2. The van der Waals surface area contributed by atoms with Crippen LogP contribution in [-0.4, -0.2) is 49.1 Å². The first-order valence-corrected chi connectivity index (χ1v) is 5.82. The highest BCUT2D eigenvalue weighted by molar-refractivity contribution is 5.97. The molecule has 0 saturated carbocycles. The van der Waals surface area contributed by atoms with E-state index in [1.54, 1.807) is 45.1 Å². The van der Waals surface area contributed by atoms with Crippen LogP contribution < -0.4 is 10.6 Å². The van der Waals surface area contributed by atoms with Crippen LogP contribution in [0.5, 0.6) is 0 Å². The van der Waals surface area contributed by atoms with Crippen molar-refractivity contribution in [1.29, 1.82) is 0 Å². The molecule has 0 bridgehead atoms. The van der Waals surface area contributed by atoms with Crippen molar-refractivity contribution in [3.8, 4) is 0 Å². The summed E-state index contributed by atoms with van der Waals surface area (Å²) in [5.74, 6) is -1.17. The minimum Gasteiger partial charge on any atom is -0.478 e. The number of carbonyl (C=O) groups excluding carboxylic acids is 1. The molecule has 1 atom stereocenters. The Bertz CT molecular complexity index is 500. The lowest BCUT2D eigenvalue weighted by atomic mass is 10.1. The van der Waals surface area contributed by atoms with E-state index < -0.39 is 12.0 Å². The Labute approximate surface area is 112 Å². The highest BCUT2D eigenvalue weighted by Crippen LogP contribution is 2.24. The maximum absolute atomic E-state index is 11.9. The number of nitrogens with two attached hydrogens (primary N) is 1. The first-order chi connectivity index (χ1) is 8.75. The molecule has 0 aliphatic heterocycles. The molecule has 0 radical (unpaired) electrons. The molecule has 6 heteroatoms. The van der Waals surface area contributed by atoms with Crippen molar-refractivity contribution in [3.05, 3.63) is 23.8 Å². The van der Waals surface area contributed by atoms with Crippen molar-refractivity contribution in [2.45, 2.75) is 13.0 Å². The van der Waals surface area contributed by atoms with Crippen molar-refractivity contribution < 1.29 is 14.7 Å². The maximum Gasteiger partial charge on any atom is 0.337 e. The number of carboxylic acids is 1. The number of aromatic carboxylic acids is 1. The van der Waals surface area contributed by atoms with Crippen LogP contribution >= 0.6 is 0 Å². The van der Waals surface area contributed by atoms with Gasteiger partial charge in [-0.1, -0.05) is 0 Å². The zero-order valence-corrected chi connectivity index (χ0v) is 11.5. The molecule has 0 aromatic heterocycles. The third kappa shape index (κ3) is 3.15. The molecule has 6 nitrogen and oxygen atoms in total. The number of rotatable bonds is 4. The fraction of sp³-hybridized carbons (Fsp3) is 0.385. The van der Waals surface area contributed by atoms with E-state index in [1.807, 2.05) is 0 Å². The van der Waals surface area contributed by atoms with E-state index in [0.29, 0.717) is 11.4 Å². The Kier molecular flexibility index (Phi) is 4.37. The molecule has 0 heterocycles. The van der Waals surface area contributed by atoms with Crippen LogP contribution in [0.4, 0.5) is 11.4 Å². The quantitative estimate of drug-likeness (QED) is 0.789. The van der Waals surface area contributed by atoms with Gasteiger partial charge in [-0.25, -0.2) is 4.79 Å². The molecule has 0 fully saturated rings. The fourth-order valence-corrected chi connectivity index (χ4v) is 1.78. The molecule has 19 heavy (non-hydrogen) atoms. The van der Waals surface area contributed by atoms with Gasteiger partial charge in [0.25, 0.3) is 0 Å². The second kappa shape index (κ2) is 5.60. The van der Waals surface area contributed by atoms with Crippen LogP contribution in [-0.2, 0) is 4.79 Å². The van der Waals surface area contributed by atoms with E-state index in [2.05, 4.69) is 0 Å². The third-order valence-corrected chi connectivity index (χ3v) is 3.01. The summed E-state index contributed by atoms with van der Waals surface area (Å²) < 4.78 is 0. The molecule has 1 rings (SSSR count). The van der Waals surface area contributed by atoms with Gasteiger partial charge in [0.15, 0.2) is 0 Å². The minimum atomic E-state index is -1.07. The predicted molar refractivity (Wildman–Crippen MR) is 74.4 cm³/mol. The van der Waals surface area contributed by atoms with Crippen LogP contribution in [0.3, 0.4) is 0 Å². The van der Waals surface area contributed by atoms with Gasteiger partial charge in [0.05, 0.1) is 11.3 Å². The molecule has 0 aliphatic carbocycles. The van der Waals surface area contributed by atoms with Gasteiger partial charge in [-0.2, -0.15) is 0 Å². The van der Waals surface area contributed by atoms with Gasteiger partial charge in [-0.05, 0) is 25.1 Å². The molecule has 3 N–H and O–H groups in total. The number of anilines is 2. The lowest BCUT2D eigenvalue weighted by molar-refractivity contribution is -0.129.